The van der Waals surface area contributed by atoms with Gasteiger partial charge in [-0.2, -0.15) is 0 Å². The van der Waals surface area contributed by atoms with Crippen molar-refractivity contribution >= 4 is 11.9 Å². The molecule has 1 N–H and O–H groups in total. The van der Waals surface area contributed by atoms with Crippen molar-refractivity contribution in [1.82, 2.24) is 0 Å². The Hall–Kier alpha value is -1.06. The zero-order valence-electron chi connectivity index (χ0n) is 9.11. The lowest BCUT2D eigenvalue weighted by molar-refractivity contribution is -0.158. The molecular formula is C10H18O4. The molecule has 0 aliphatic heterocycles. The smallest absolute Gasteiger partial charge is 0.317 e. The Balaban J connectivity index is 4.17. The third-order valence-corrected chi connectivity index (χ3v) is 1.88. The average molecular weight is 202 g/mol. The van der Waals surface area contributed by atoms with Gasteiger partial charge in [-0.05, 0) is 11.8 Å². The second-order valence-corrected chi connectivity index (χ2v) is 4.01. The molecule has 0 fully saturated rings. The summed E-state index contributed by atoms with van der Waals surface area (Å²) in [6, 6.07) is 0. The highest BCUT2D eigenvalue weighted by molar-refractivity contribution is 5.90. The zero-order valence-corrected chi connectivity index (χ0v) is 9.11. The van der Waals surface area contributed by atoms with Gasteiger partial charge in [-0.15, -0.1) is 0 Å². The van der Waals surface area contributed by atoms with Gasteiger partial charge in [0.1, 0.15) is 12.5 Å². The van der Waals surface area contributed by atoms with Crippen molar-refractivity contribution in [3.8, 4) is 0 Å². The minimum absolute atomic E-state index is 0.202. The molecule has 0 aromatic heterocycles. The molecule has 0 atom stereocenters. The van der Waals surface area contributed by atoms with Crippen LogP contribution in [0.15, 0.2) is 0 Å². The van der Waals surface area contributed by atoms with Crippen molar-refractivity contribution in [3.05, 3.63) is 0 Å². The van der Waals surface area contributed by atoms with Gasteiger partial charge in [0, 0.05) is 0 Å². The van der Waals surface area contributed by atoms with E-state index in [1.54, 1.807) is 0 Å². The first-order valence-corrected chi connectivity index (χ1v) is 4.75. The van der Waals surface area contributed by atoms with E-state index in [-0.39, 0.29) is 17.9 Å². The Kier molecular flexibility index (Phi) is 5.20. The number of aliphatic carboxylic acids is 1. The molecule has 0 aliphatic carbocycles. The number of hydrogen-bond donors (Lipinski definition) is 1. The predicted octanol–water partition coefficient (Wildman–Crippen LogP) is 1.68. The van der Waals surface area contributed by atoms with Crippen molar-refractivity contribution in [2.24, 2.45) is 11.8 Å². The lowest BCUT2D eigenvalue weighted by Crippen LogP contribution is -2.29. The minimum atomic E-state index is -1.15. The van der Waals surface area contributed by atoms with E-state index in [9.17, 15) is 9.59 Å². The van der Waals surface area contributed by atoms with Gasteiger partial charge in [0.15, 0.2) is 0 Å². The second-order valence-electron chi connectivity index (χ2n) is 4.01. The zero-order chi connectivity index (χ0) is 11.3. The highest BCUT2D eigenvalue weighted by Crippen LogP contribution is 2.16. The number of esters is 1. The van der Waals surface area contributed by atoms with Crippen molar-refractivity contribution in [1.29, 1.82) is 0 Å². The van der Waals surface area contributed by atoms with E-state index < -0.39 is 18.4 Å². The Morgan fingerprint density at radius 3 is 1.86 bits per heavy atom. The first-order chi connectivity index (χ1) is 6.34. The number of carbonyl (C=O) groups is 2. The van der Waals surface area contributed by atoms with E-state index in [2.05, 4.69) is 0 Å². The van der Waals surface area contributed by atoms with Crippen molar-refractivity contribution in [2.75, 3.05) is 0 Å². The van der Waals surface area contributed by atoms with Gasteiger partial charge < -0.3 is 9.84 Å². The topological polar surface area (TPSA) is 63.6 Å². The quantitative estimate of drug-likeness (QED) is 0.544. The van der Waals surface area contributed by atoms with Crippen LogP contribution in [0.5, 0.6) is 0 Å². The van der Waals surface area contributed by atoms with E-state index in [4.69, 9.17) is 9.84 Å². The fourth-order valence-electron chi connectivity index (χ4n) is 1.36. The first-order valence-electron chi connectivity index (χ1n) is 4.75. The van der Waals surface area contributed by atoms with Crippen molar-refractivity contribution < 1.29 is 19.4 Å². The van der Waals surface area contributed by atoms with Gasteiger partial charge in [0.05, 0.1) is 0 Å². The molecule has 0 aromatic carbocycles. The van der Waals surface area contributed by atoms with Gasteiger partial charge in [-0.1, -0.05) is 27.7 Å². The molecule has 0 saturated carbocycles. The largest absolute Gasteiger partial charge is 0.481 e. The van der Waals surface area contributed by atoms with E-state index >= 15 is 0 Å². The fourth-order valence-corrected chi connectivity index (χ4v) is 1.36. The van der Waals surface area contributed by atoms with Crippen LogP contribution in [0, 0.1) is 11.8 Å². The van der Waals surface area contributed by atoms with Crippen LogP contribution < -0.4 is 0 Å². The van der Waals surface area contributed by atoms with Crippen LogP contribution >= 0.6 is 0 Å². The summed E-state index contributed by atoms with van der Waals surface area (Å²) in [5.74, 6) is -1.41. The molecule has 82 valence electrons. The van der Waals surface area contributed by atoms with Gasteiger partial charge in [0.2, 0.25) is 0 Å². The van der Waals surface area contributed by atoms with E-state index in [0.29, 0.717) is 0 Å². The van der Waals surface area contributed by atoms with Crippen molar-refractivity contribution in [2.45, 2.75) is 40.2 Å². The van der Waals surface area contributed by atoms with Crippen LogP contribution in [0.2, 0.25) is 0 Å². The molecule has 0 aromatic rings. The molecule has 0 amide bonds. The average Bonchev–Trinajstić information content (AvgIpc) is 1.97. The number of carboxylic acids is 1. The summed E-state index contributed by atoms with van der Waals surface area (Å²) in [7, 11) is 0. The molecule has 14 heavy (non-hydrogen) atoms. The molecule has 0 rings (SSSR count). The van der Waals surface area contributed by atoms with E-state index in [1.165, 1.54) is 0 Å². The fraction of sp³-hybridized carbons (Fsp3) is 0.800. The molecule has 0 radical (unpaired) electrons. The van der Waals surface area contributed by atoms with Crippen LogP contribution in [0.4, 0.5) is 0 Å². The molecular weight excluding hydrogens is 184 g/mol. The van der Waals surface area contributed by atoms with E-state index in [1.807, 2.05) is 27.7 Å². The van der Waals surface area contributed by atoms with Gasteiger partial charge in [0.25, 0.3) is 0 Å². The third kappa shape index (κ3) is 4.84. The number of ether oxygens (including phenoxy) is 1. The summed E-state index contributed by atoms with van der Waals surface area (Å²) in [5.41, 5.74) is 0. The maximum atomic E-state index is 11.1. The number of carbonyl (C=O) groups excluding carboxylic acids is 1. The number of carboxylic acid groups (broad SMARTS) is 1. The number of rotatable bonds is 5. The monoisotopic (exact) mass is 202 g/mol. The molecule has 0 heterocycles. The van der Waals surface area contributed by atoms with Crippen LogP contribution in [0.3, 0.4) is 0 Å². The molecule has 0 spiro atoms. The molecule has 4 heteroatoms. The van der Waals surface area contributed by atoms with Gasteiger partial charge in [-0.25, -0.2) is 0 Å². The molecule has 0 bridgehead atoms. The molecule has 0 saturated heterocycles. The Bertz CT molecular complexity index is 200. The van der Waals surface area contributed by atoms with Crippen molar-refractivity contribution in [3.63, 3.8) is 0 Å². The predicted molar refractivity (Wildman–Crippen MR) is 51.8 cm³/mol. The van der Waals surface area contributed by atoms with E-state index in [0.717, 1.165) is 0 Å². The Morgan fingerprint density at radius 1 is 1.14 bits per heavy atom. The summed E-state index contributed by atoms with van der Waals surface area (Å²) in [6.45, 7) is 7.77. The van der Waals surface area contributed by atoms with Crippen LogP contribution in [-0.2, 0) is 14.3 Å². The summed E-state index contributed by atoms with van der Waals surface area (Å²) in [6.07, 6.45) is -0.766. The maximum Gasteiger partial charge on any atom is 0.317 e. The standard InChI is InChI=1S/C10H18O4/c1-6(2)10(7(3)4)14-9(13)5-8(11)12/h6-7,10H,5H2,1-4H3,(H,11,12). The van der Waals surface area contributed by atoms with Gasteiger partial charge in [-0.3, -0.25) is 9.59 Å². The SMILES string of the molecule is CC(C)C(OC(=O)CC(=O)O)C(C)C. The minimum Gasteiger partial charge on any atom is -0.481 e. The maximum absolute atomic E-state index is 11.1. The summed E-state index contributed by atoms with van der Waals surface area (Å²) in [5, 5.41) is 8.37. The summed E-state index contributed by atoms with van der Waals surface area (Å²) < 4.78 is 5.06. The Labute approximate surface area is 84.3 Å². The van der Waals surface area contributed by atoms with Crippen LogP contribution in [0.1, 0.15) is 34.1 Å². The van der Waals surface area contributed by atoms with Gasteiger partial charge >= 0.3 is 11.9 Å². The summed E-state index contributed by atoms with van der Waals surface area (Å²) in [4.78, 5) is 21.3. The lowest BCUT2D eigenvalue weighted by Gasteiger charge is -2.24. The van der Waals surface area contributed by atoms with Crippen LogP contribution in [0.25, 0.3) is 0 Å². The highest BCUT2D eigenvalue weighted by Gasteiger charge is 2.22. The Morgan fingerprint density at radius 2 is 1.57 bits per heavy atom. The van der Waals surface area contributed by atoms with Crippen LogP contribution in [-0.4, -0.2) is 23.1 Å². The molecule has 4 nitrogen and oxygen atoms in total. The second kappa shape index (κ2) is 5.62. The normalized spacial score (nSPS) is 11.1. The lowest BCUT2D eigenvalue weighted by atomic mass is 9.96. The number of hydrogen-bond acceptors (Lipinski definition) is 3. The molecule has 0 unspecified atom stereocenters. The summed E-state index contributed by atoms with van der Waals surface area (Å²) >= 11 is 0. The third-order valence-electron chi connectivity index (χ3n) is 1.88. The molecule has 0 aliphatic rings. The highest BCUT2D eigenvalue weighted by atomic mass is 16.5. The first kappa shape index (κ1) is 12.9.